The first-order valence-corrected chi connectivity index (χ1v) is 6.82. The van der Waals surface area contributed by atoms with Crippen molar-refractivity contribution in [2.75, 3.05) is 7.05 Å². The largest absolute Gasteiger partial charge is 0.313 e. The van der Waals surface area contributed by atoms with E-state index >= 15 is 0 Å². The van der Waals surface area contributed by atoms with Gasteiger partial charge >= 0.3 is 0 Å². The molecule has 1 aromatic carbocycles. The lowest BCUT2D eigenvalue weighted by Gasteiger charge is -2.17. The van der Waals surface area contributed by atoms with Gasteiger partial charge < -0.3 is 5.32 Å². The molecule has 0 bridgehead atoms. The first-order chi connectivity index (χ1) is 9.02. The van der Waals surface area contributed by atoms with Crippen LogP contribution >= 0.6 is 11.6 Å². The molecule has 0 fully saturated rings. The van der Waals surface area contributed by atoms with Gasteiger partial charge in [0.1, 0.15) is 0 Å². The lowest BCUT2D eigenvalue weighted by molar-refractivity contribution is 0.584. The molecular formula is C15H20ClN3. The third kappa shape index (κ3) is 2.99. The van der Waals surface area contributed by atoms with Crippen molar-refractivity contribution in [3.8, 4) is 0 Å². The Morgan fingerprint density at radius 1 is 1.26 bits per heavy atom. The zero-order valence-corrected chi connectivity index (χ0v) is 12.6. The molecule has 19 heavy (non-hydrogen) atoms. The highest BCUT2D eigenvalue weighted by Crippen LogP contribution is 2.24. The van der Waals surface area contributed by atoms with Gasteiger partial charge in [-0.2, -0.15) is 5.10 Å². The number of hydrogen-bond acceptors (Lipinski definition) is 2. The third-order valence-electron chi connectivity index (χ3n) is 3.61. The van der Waals surface area contributed by atoms with Crippen LogP contribution in [0.5, 0.6) is 0 Å². The zero-order valence-electron chi connectivity index (χ0n) is 11.9. The average Bonchev–Trinajstić information content (AvgIpc) is 2.63. The molecule has 0 aliphatic heterocycles. The maximum Gasteiger partial charge on any atom is 0.0644 e. The Labute approximate surface area is 119 Å². The number of nitrogens with one attached hydrogen (secondary N) is 1. The van der Waals surface area contributed by atoms with Gasteiger partial charge in [0, 0.05) is 29.4 Å². The molecule has 1 aromatic heterocycles. The highest BCUT2D eigenvalue weighted by atomic mass is 35.5. The number of aryl methyl sites for hydroxylation is 2. The molecule has 0 aliphatic carbocycles. The van der Waals surface area contributed by atoms with Crippen molar-refractivity contribution in [3.05, 3.63) is 51.8 Å². The Kier molecular flexibility index (Phi) is 4.27. The fraction of sp³-hybridized carbons (Fsp3) is 0.400. The number of hydrogen-bond donors (Lipinski definition) is 1. The number of benzene rings is 1. The molecule has 0 aliphatic rings. The smallest absolute Gasteiger partial charge is 0.0644 e. The van der Waals surface area contributed by atoms with Gasteiger partial charge in [0.15, 0.2) is 0 Å². The third-order valence-corrected chi connectivity index (χ3v) is 3.87. The van der Waals surface area contributed by atoms with Gasteiger partial charge in [-0.15, -0.1) is 0 Å². The monoisotopic (exact) mass is 277 g/mol. The fourth-order valence-electron chi connectivity index (χ4n) is 2.50. The van der Waals surface area contributed by atoms with E-state index in [1.165, 1.54) is 16.8 Å². The molecule has 0 spiro atoms. The second kappa shape index (κ2) is 5.76. The zero-order chi connectivity index (χ0) is 14.0. The number of rotatable bonds is 4. The molecule has 0 amide bonds. The predicted octanol–water partition coefficient (Wildman–Crippen LogP) is 3.19. The minimum absolute atomic E-state index is 0.273. The molecule has 102 valence electrons. The second-order valence-electron chi connectivity index (χ2n) is 4.88. The van der Waals surface area contributed by atoms with Crippen LogP contribution in [0.3, 0.4) is 0 Å². The van der Waals surface area contributed by atoms with Crippen LogP contribution < -0.4 is 5.32 Å². The van der Waals surface area contributed by atoms with Crippen LogP contribution in [0.4, 0.5) is 0 Å². The summed E-state index contributed by atoms with van der Waals surface area (Å²) in [6.45, 7) is 4.18. The van der Waals surface area contributed by atoms with Crippen LogP contribution in [0.15, 0.2) is 24.3 Å². The van der Waals surface area contributed by atoms with Gasteiger partial charge in [-0.1, -0.05) is 23.7 Å². The Bertz CT molecular complexity index is 558. The van der Waals surface area contributed by atoms with Gasteiger partial charge in [0.25, 0.3) is 0 Å². The van der Waals surface area contributed by atoms with Crippen molar-refractivity contribution in [1.82, 2.24) is 15.1 Å². The van der Waals surface area contributed by atoms with Crippen LogP contribution in [0.25, 0.3) is 0 Å². The van der Waals surface area contributed by atoms with Crippen LogP contribution in [-0.4, -0.2) is 16.8 Å². The highest BCUT2D eigenvalue weighted by Gasteiger charge is 2.19. The van der Waals surface area contributed by atoms with Crippen LogP contribution in [-0.2, 0) is 13.5 Å². The predicted molar refractivity (Wildman–Crippen MR) is 79.6 cm³/mol. The van der Waals surface area contributed by atoms with E-state index in [1.807, 2.05) is 30.9 Å². The molecule has 2 aromatic rings. The summed E-state index contributed by atoms with van der Waals surface area (Å²) in [6, 6.07) is 8.30. The van der Waals surface area contributed by atoms with Crippen molar-refractivity contribution in [3.63, 3.8) is 0 Å². The molecular weight excluding hydrogens is 258 g/mol. The molecule has 3 nitrogen and oxygen atoms in total. The highest BCUT2D eigenvalue weighted by molar-refractivity contribution is 6.30. The van der Waals surface area contributed by atoms with Crippen LogP contribution in [0.2, 0.25) is 5.02 Å². The summed E-state index contributed by atoms with van der Waals surface area (Å²) < 4.78 is 1.94. The van der Waals surface area contributed by atoms with E-state index < -0.39 is 0 Å². The molecule has 1 heterocycles. The van der Waals surface area contributed by atoms with E-state index in [0.29, 0.717) is 0 Å². The van der Waals surface area contributed by atoms with E-state index in [0.717, 1.165) is 17.1 Å². The summed E-state index contributed by atoms with van der Waals surface area (Å²) in [4.78, 5) is 0. The van der Waals surface area contributed by atoms with Gasteiger partial charge in [0.05, 0.1) is 5.69 Å². The van der Waals surface area contributed by atoms with E-state index in [-0.39, 0.29) is 6.04 Å². The van der Waals surface area contributed by atoms with Gasteiger partial charge in [0.2, 0.25) is 0 Å². The molecule has 0 radical (unpaired) electrons. The Morgan fingerprint density at radius 2 is 1.89 bits per heavy atom. The van der Waals surface area contributed by atoms with Gasteiger partial charge in [-0.25, -0.2) is 0 Å². The topological polar surface area (TPSA) is 29.9 Å². The lowest BCUT2D eigenvalue weighted by atomic mass is 9.97. The van der Waals surface area contributed by atoms with Crippen LogP contribution in [0.1, 0.15) is 28.6 Å². The lowest BCUT2D eigenvalue weighted by Crippen LogP contribution is -2.20. The SMILES string of the molecule is CNC(Cc1ccc(Cl)cc1)c1c(C)nn(C)c1C. The molecule has 0 saturated heterocycles. The fourth-order valence-corrected chi connectivity index (χ4v) is 2.62. The Morgan fingerprint density at radius 3 is 2.37 bits per heavy atom. The van der Waals surface area contributed by atoms with E-state index in [1.54, 1.807) is 0 Å². The second-order valence-corrected chi connectivity index (χ2v) is 5.32. The minimum Gasteiger partial charge on any atom is -0.313 e. The van der Waals surface area contributed by atoms with Crippen molar-refractivity contribution in [2.24, 2.45) is 7.05 Å². The van der Waals surface area contributed by atoms with Crippen molar-refractivity contribution < 1.29 is 0 Å². The molecule has 1 unspecified atom stereocenters. The van der Waals surface area contributed by atoms with Crippen LogP contribution in [0, 0.1) is 13.8 Å². The standard InChI is InChI=1S/C15H20ClN3/c1-10-15(11(2)19(4)18-10)14(17-3)9-12-5-7-13(16)8-6-12/h5-8,14,17H,9H2,1-4H3. The molecule has 1 atom stereocenters. The molecule has 4 heteroatoms. The molecule has 2 rings (SSSR count). The van der Waals surface area contributed by atoms with Crippen molar-refractivity contribution in [1.29, 1.82) is 0 Å². The first-order valence-electron chi connectivity index (χ1n) is 6.44. The van der Waals surface area contributed by atoms with Gasteiger partial charge in [-0.05, 0) is 45.0 Å². The normalized spacial score (nSPS) is 12.7. The number of aromatic nitrogens is 2. The maximum atomic E-state index is 5.92. The Balaban J connectivity index is 2.27. The number of likely N-dealkylation sites (N-methyl/N-ethyl adjacent to an activating group) is 1. The quantitative estimate of drug-likeness (QED) is 0.930. The van der Waals surface area contributed by atoms with E-state index in [2.05, 4.69) is 36.4 Å². The van der Waals surface area contributed by atoms with Crippen molar-refractivity contribution in [2.45, 2.75) is 26.3 Å². The van der Waals surface area contributed by atoms with E-state index in [4.69, 9.17) is 11.6 Å². The molecule has 1 N–H and O–H groups in total. The number of halogens is 1. The summed E-state index contributed by atoms with van der Waals surface area (Å²) in [5.74, 6) is 0. The van der Waals surface area contributed by atoms with Crippen molar-refractivity contribution >= 4 is 11.6 Å². The minimum atomic E-state index is 0.273. The summed E-state index contributed by atoms with van der Waals surface area (Å²) in [5, 5.41) is 8.66. The average molecular weight is 278 g/mol. The first kappa shape index (κ1) is 14.1. The van der Waals surface area contributed by atoms with Gasteiger partial charge in [-0.3, -0.25) is 4.68 Å². The summed E-state index contributed by atoms with van der Waals surface area (Å²) in [5.41, 5.74) is 4.87. The Hall–Kier alpha value is -1.32. The summed E-state index contributed by atoms with van der Waals surface area (Å²) >= 11 is 5.92. The molecule has 0 saturated carbocycles. The maximum absolute atomic E-state index is 5.92. The summed E-state index contributed by atoms with van der Waals surface area (Å²) in [7, 11) is 3.98. The summed E-state index contributed by atoms with van der Waals surface area (Å²) in [6.07, 6.45) is 0.932. The van der Waals surface area contributed by atoms with E-state index in [9.17, 15) is 0 Å². The number of nitrogens with zero attached hydrogens (tertiary/aromatic N) is 2.